The Balaban J connectivity index is 0.738. The molecule has 5 aromatic rings. The number of fused-ring (bicyclic) bond motifs is 2. The highest BCUT2D eigenvalue weighted by atomic mass is 32.2. The molecular formula is C48H47F3N10O7S. The second-order valence-electron chi connectivity index (χ2n) is 18.0. The molecule has 5 aliphatic rings. The van der Waals surface area contributed by atoms with Crippen LogP contribution in [0.3, 0.4) is 0 Å². The van der Waals surface area contributed by atoms with Crippen molar-refractivity contribution in [2.24, 2.45) is 5.92 Å². The molecule has 0 spiro atoms. The van der Waals surface area contributed by atoms with E-state index >= 15 is 8.78 Å². The van der Waals surface area contributed by atoms with Crippen molar-refractivity contribution in [3.63, 3.8) is 0 Å². The predicted molar refractivity (Wildman–Crippen MR) is 248 cm³/mol. The van der Waals surface area contributed by atoms with Crippen molar-refractivity contribution in [1.82, 2.24) is 29.0 Å². The van der Waals surface area contributed by atoms with Crippen LogP contribution in [0.4, 0.5) is 30.2 Å². The molecule has 4 aromatic carbocycles. The molecule has 69 heavy (non-hydrogen) atoms. The highest BCUT2D eigenvalue weighted by Crippen LogP contribution is 2.37. The summed E-state index contributed by atoms with van der Waals surface area (Å²) in [7, 11) is -4.25. The number of aromatic nitrogens is 2. The zero-order valence-electron chi connectivity index (χ0n) is 37.2. The lowest BCUT2D eigenvalue weighted by atomic mass is 9.95. The van der Waals surface area contributed by atoms with Crippen LogP contribution in [0.5, 0.6) is 11.5 Å². The average molecular weight is 965 g/mol. The number of halogens is 3. The Morgan fingerprint density at radius 1 is 0.855 bits per heavy atom. The highest BCUT2D eigenvalue weighted by molar-refractivity contribution is 7.90. The fraction of sp³-hybridized carbons (Fsp3) is 0.375. The number of anilines is 3. The van der Waals surface area contributed by atoms with Crippen LogP contribution in [0.1, 0.15) is 53.6 Å². The van der Waals surface area contributed by atoms with Crippen molar-refractivity contribution in [3.8, 4) is 23.3 Å². The fourth-order valence-electron chi connectivity index (χ4n) is 10.00. The van der Waals surface area contributed by atoms with Crippen molar-refractivity contribution in [3.05, 3.63) is 112 Å². The highest BCUT2D eigenvalue weighted by Gasteiger charge is 2.41. The first kappa shape index (κ1) is 45.7. The Labute approximate surface area is 394 Å². The van der Waals surface area contributed by atoms with Gasteiger partial charge in [-0.3, -0.25) is 38.7 Å². The van der Waals surface area contributed by atoms with Gasteiger partial charge in [-0.25, -0.2) is 18.2 Å². The Hall–Kier alpha value is -7.02. The maximum absolute atomic E-state index is 16.0. The van der Waals surface area contributed by atoms with E-state index in [-0.39, 0.29) is 67.2 Å². The maximum atomic E-state index is 16.0. The number of carbonyl (C=O) groups excluding carboxylic acids is 3. The van der Waals surface area contributed by atoms with Gasteiger partial charge in [-0.05, 0) is 98.3 Å². The van der Waals surface area contributed by atoms with Crippen molar-refractivity contribution < 1.29 is 40.7 Å². The molecule has 0 aliphatic carbocycles. The molecule has 358 valence electrons. The van der Waals surface area contributed by atoms with E-state index in [0.717, 1.165) is 67.7 Å². The molecule has 0 bridgehead atoms. The average Bonchev–Trinajstić information content (AvgIpc) is 3.94. The number of nitriles is 1. The third kappa shape index (κ3) is 8.95. The zero-order valence-corrected chi connectivity index (χ0v) is 38.1. The predicted octanol–water partition coefficient (Wildman–Crippen LogP) is 4.83. The van der Waals surface area contributed by atoms with Crippen molar-refractivity contribution >= 4 is 55.9 Å². The summed E-state index contributed by atoms with van der Waals surface area (Å²) < 4.78 is 81.1. The SMILES string of the molecule is N#Cc1c(NS(=O)(=O)N2CCC(F)C2)ccc(F)c1Oc1ccc2ncn(-c3ccc(N4CCN(CC5CCN(c6ccc7c(c6F)CN([C@H]6CCC(=O)NC6=O)C7=O)CC5)CC4)cc3)c(=O)c2c1. The van der Waals surface area contributed by atoms with Crippen LogP contribution in [0.2, 0.25) is 0 Å². The van der Waals surface area contributed by atoms with E-state index in [1.807, 2.05) is 29.2 Å². The third-order valence-electron chi connectivity index (χ3n) is 13.8. The van der Waals surface area contributed by atoms with Crippen molar-refractivity contribution in [2.45, 2.75) is 50.9 Å². The Morgan fingerprint density at radius 2 is 1.61 bits per heavy atom. The van der Waals surface area contributed by atoms with Crippen LogP contribution in [0, 0.1) is 28.9 Å². The number of hydrogen-bond donors (Lipinski definition) is 2. The van der Waals surface area contributed by atoms with Crippen LogP contribution < -0.4 is 30.1 Å². The molecule has 3 amide bonds. The van der Waals surface area contributed by atoms with E-state index < -0.39 is 62.7 Å². The number of hydrogen-bond acceptors (Lipinski definition) is 12. The summed E-state index contributed by atoms with van der Waals surface area (Å²) in [5.74, 6) is -2.79. The molecule has 2 atom stereocenters. The molecule has 1 aromatic heterocycles. The summed E-state index contributed by atoms with van der Waals surface area (Å²) in [5.41, 5.74) is 1.80. The molecule has 21 heteroatoms. The minimum Gasteiger partial charge on any atom is -0.453 e. The minimum atomic E-state index is -4.25. The largest absolute Gasteiger partial charge is 0.453 e. The van der Waals surface area contributed by atoms with Gasteiger partial charge in [0.25, 0.3) is 11.5 Å². The quantitative estimate of drug-likeness (QED) is 0.172. The van der Waals surface area contributed by atoms with Gasteiger partial charge < -0.3 is 19.4 Å². The number of imide groups is 1. The number of ether oxygens (including phenoxy) is 1. The lowest BCUT2D eigenvalue weighted by Gasteiger charge is -2.40. The third-order valence-corrected chi connectivity index (χ3v) is 15.3. The van der Waals surface area contributed by atoms with E-state index in [9.17, 15) is 37.2 Å². The van der Waals surface area contributed by atoms with Gasteiger partial charge in [-0.2, -0.15) is 18.0 Å². The smallest absolute Gasteiger partial charge is 0.301 e. The van der Waals surface area contributed by atoms with E-state index in [4.69, 9.17) is 4.74 Å². The number of nitrogens with zero attached hydrogens (tertiary/aromatic N) is 8. The molecule has 4 fully saturated rings. The number of piperidine rings is 2. The Morgan fingerprint density at radius 3 is 2.32 bits per heavy atom. The van der Waals surface area contributed by atoms with Gasteiger partial charge >= 0.3 is 10.2 Å². The first-order chi connectivity index (χ1) is 33.2. The van der Waals surface area contributed by atoms with Crippen LogP contribution in [-0.4, -0.2) is 121 Å². The van der Waals surface area contributed by atoms with Gasteiger partial charge in [0.2, 0.25) is 11.8 Å². The maximum Gasteiger partial charge on any atom is 0.301 e. The second-order valence-corrected chi connectivity index (χ2v) is 19.7. The van der Waals surface area contributed by atoms with Crippen molar-refractivity contribution in [1.29, 1.82) is 5.26 Å². The number of rotatable bonds is 11. The molecule has 0 saturated carbocycles. The van der Waals surface area contributed by atoms with E-state index in [2.05, 4.69) is 24.8 Å². The summed E-state index contributed by atoms with van der Waals surface area (Å²) in [6.07, 6.45) is 2.27. The number of benzene rings is 4. The van der Waals surface area contributed by atoms with E-state index in [1.54, 1.807) is 18.2 Å². The van der Waals surface area contributed by atoms with Crippen LogP contribution in [0.15, 0.2) is 77.9 Å². The van der Waals surface area contributed by atoms with Crippen LogP contribution >= 0.6 is 0 Å². The lowest BCUT2D eigenvalue weighted by Crippen LogP contribution is -2.52. The van der Waals surface area contributed by atoms with Gasteiger partial charge in [0, 0.05) is 82.1 Å². The van der Waals surface area contributed by atoms with Gasteiger partial charge in [-0.1, -0.05) is 0 Å². The number of carbonyl (C=O) groups is 3. The minimum absolute atomic E-state index is 0.00197. The zero-order chi connectivity index (χ0) is 48.1. The van der Waals surface area contributed by atoms with Gasteiger partial charge in [0.15, 0.2) is 17.4 Å². The summed E-state index contributed by atoms with van der Waals surface area (Å²) in [6, 6.07) is 18.2. The van der Waals surface area contributed by atoms with Gasteiger partial charge in [-0.15, -0.1) is 0 Å². The molecule has 10 rings (SSSR count). The van der Waals surface area contributed by atoms with Crippen LogP contribution in [0.25, 0.3) is 16.6 Å². The monoisotopic (exact) mass is 964 g/mol. The number of nitrogens with one attached hydrogen (secondary N) is 2. The topological polar surface area (TPSA) is 194 Å². The first-order valence-corrected chi connectivity index (χ1v) is 24.3. The first-order valence-electron chi connectivity index (χ1n) is 22.9. The van der Waals surface area contributed by atoms with Crippen LogP contribution in [-0.2, 0) is 26.3 Å². The Kier molecular flexibility index (Phi) is 12.2. The summed E-state index contributed by atoms with van der Waals surface area (Å²) >= 11 is 0. The molecular weight excluding hydrogens is 918 g/mol. The van der Waals surface area contributed by atoms with E-state index in [0.29, 0.717) is 41.5 Å². The molecule has 2 N–H and O–H groups in total. The summed E-state index contributed by atoms with van der Waals surface area (Å²) in [6.45, 7) is 5.21. The summed E-state index contributed by atoms with van der Waals surface area (Å²) in [5, 5.41) is 12.4. The number of piperazine rings is 1. The molecule has 5 aliphatic heterocycles. The fourth-order valence-corrected chi connectivity index (χ4v) is 11.3. The standard InChI is InChI=1S/C48H47F3N10O7S/c49-30-15-18-59(26-30)69(66,67)55-40-9-7-38(50)45(36(40)24-52)68-33-5-8-39-35(23-33)48(65)61(28-53-39)32-3-1-31(2-4-32)57-21-19-56(20-22-57)25-29-13-16-58(17-14-29)41-10-6-34-37(44(41)51)27-60(47(34)64)42-11-12-43(62)54-46(42)63/h1-10,23,28-30,42,55H,11-22,25-27H2,(H,54,62,63)/t30?,42-/m0/s1. The van der Waals surface area contributed by atoms with Gasteiger partial charge in [0.1, 0.15) is 35.9 Å². The lowest BCUT2D eigenvalue weighted by molar-refractivity contribution is -0.136. The second kappa shape index (κ2) is 18.5. The van der Waals surface area contributed by atoms with Crippen molar-refractivity contribution in [2.75, 3.05) is 73.4 Å². The molecule has 0 radical (unpaired) electrons. The number of alkyl halides is 1. The number of amides is 3. The molecule has 6 heterocycles. The molecule has 4 saturated heterocycles. The normalized spacial score (nSPS) is 20.6. The summed E-state index contributed by atoms with van der Waals surface area (Å²) in [4.78, 5) is 63.8. The molecule has 1 unspecified atom stereocenters. The molecule has 17 nitrogen and oxygen atoms in total. The Bertz CT molecular complexity index is 3100. The van der Waals surface area contributed by atoms with E-state index in [1.165, 1.54) is 34.0 Å². The van der Waals surface area contributed by atoms with Gasteiger partial charge in [0.05, 0.1) is 34.5 Å².